The summed E-state index contributed by atoms with van der Waals surface area (Å²) < 4.78 is 5.25. The van der Waals surface area contributed by atoms with Gasteiger partial charge in [-0.2, -0.15) is 0 Å². The molecule has 2 N–H and O–H groups in total. The number of methoxy groups -OCH3 is 1. The maximum atomic E-state index is 12.1. The van der Waals surface area contributed by atoms with Crippen LogP contribution in [0.4, 0.5) is 5.69 Å². The first kappa shape index (κ1) is 12.9. The van der Waals surface area contributed by atoms with Gasteiger partial charge in [0.05, 0.1) is 18.8 Å². The zero-order valence-corrected chi connectivity index (χ0v) is 11.0. The summed E-state index contributed by atoms with van der Waals surface area (Å²) in [5.74, 6) is 0.725. The van der Waals surface area contributed by atoms with Gasteiger partial charge in [-0.3, -0.25) is 4.79 Å². The third-order valence-electron chi connectivity index (χ3n) is 3.24. The second-order valence-electron chi connectivity index (χ2n) is 4.70. The van der Waals surface area contributed by atoms with Crippen molar-refractivity contribution in [3.8, 4) is 5.75 Å². The minimum atomic E-state index is -0.0797. The number of amides is 1. The van der Waals surface area contributed by atoms with E-state index in [0.29, 0.717) is 5.75 Å². The van der Waals surface area contributed by atoms with Gasteiger partial charge in [0, 0.05) is 0 Å². The second kappa shape index (κ2) is 5.87. The van der Waals surface area contributed by atoms with Crippen molar-refractivity contribution in [1.29, 1.82) is 0 Å². The van der Waals surface area contributed by atoms with Crippen LogP contribution in [0.1, 0.15) is 24.8 Å². The molecule has 0 bridgehead atoms. The molecule has 98 valence electrons. The molecule has 0 radical (unpaired) electrons. The molecule has 1 aromatic carbocycles. The fourth-order valence-corrected chi connectivity index (χ4v) is 2.21. The highest BCUT2D eigenvalue weighted by Crippen LogP contribution is 2.25. The van der Waals surface area contributed by atoms with Crippen LogP contribution >= 0.6 is 0 Å². The fourth-order valence-electron chi connectivity index (χ4n) is 2.21. The van der Waals surface area contributed by atoms with Crippen molar-refractivity contribution in [1.82, 2.24) is 5.32 Å². The molecule has 0 unspecified atom stereocenters. The van der Waals surface area contributed by atoms with E-state index < -0.39 is 0 Å². The monoisotopic (exact) mass is 248 g/mol. The molecule has 4 nitrogen and oxygen atoms in total. The minimum Gasteiger partial charge on any atom is -0.495 e. The summed E-state index contributed by atoms with van der Waals surface area (Å²) in [5, 5.41) is 6.18. The van der Waals surface area contributed by atoms with Crippen LogP contribution in [-0.4, -0.2) is 25.6 Å². The largest absolute Gasteiger partial charge is 0.495 e. The highest BCUT2D eigenvalue weighted by Gasteiger charge is 2.21. The number of piperidine rings is 1. The standard InChI is InChI=1S/C14H20N2O2/c1-10-6-7-13(18-2)12(9-10)16-14(17)11-5-3-4-8-15-11/h6-7,9,11,15H,3-5,8H2,1-2H3,(H,16,17)/t11-/m0/s1. The maximum Gasteiger partial charge on any atom is 0.241 e. The number of hydrogen-bond donors (Lipinski definition) is 2. The number of aryl methyl sites for hydroxylation is 1. The van der Waals surface area contributed by atoms with Crippen molar-refractivity contribution in [3.63, 3.8) is 0 Å². The van der Waals surface area contributed by atoms with Gasteiger partial charge < -0.3 is 15.4 Å². The number of carbonyl (C=O) groups is 1. The van der Waals surface area contributed by atoms with Gasteiger partial charge >= 0.3 is 0 Å². The fraction of sp³-hybridized carbons (Fsp3) is 0.500. The molecular formula is C14H20N2O2. The zero-order valence-electron chi connectivity index (χ0n) is 11.0. The Kier molecular flexibility index (Phi) is 4.20. The van der Waals surface area contributed by atoms with Crippen molar-refractivity contribution in [3.05, 3.63) is 23.8 Å². The molecule has 1 fully saturated rings. The smallest absolute Gasteiger partial charge is 0.241 e. The average molecular weight is 248 g/mol. The van der Waals surface area contributed by atoms with Crippen LogP contribution in [0.15, 0.2) is 18.2 Å². The topological polar surface area (TPSA) is 50.4 Å². The summed E-state index contributed by atoms with van der Waals surface area (Å²) in [5.41, 5.74) is 1.84. The molecule has 2 rings (SSSR count). The van der Waals surface area contributed by atoms with E-state index in [1.165, 1.54) is 0 Å². The lowest BCUT2D eigenvalue weighted by molar-refractivity contribution is -0.118. The van der Waals surface area contributed by atoms with Crippen molar-refractivity contribution in [2.24, 2.45) is 0 Å². The van der Waals surface area contributed by atoms with Crippen LogP contribution in [-0.2, 0) is 4.79 Å². The summed E-state index contributed by atoms with van der Waals surface area (Å²) in [6.45, 7) is 2.91. The molecule has 0 saturated carbocycles. The predicted molar refractivity (Wildman–Crippen MR) is 72.0 cm³/mol. The van der Waals surface area contributed by atoms with Crippen LogP contribution in [0.25, 0.3) is 0 Å². The van der Waals surface area contributed by atoms with Gasteiger partial charge in [-0.1, -0.05) is 12.5 Å². The molecule has 1 aliphatic heterocycles. The molecule has 1 amide bonds. The number of hydrogen-bond acceptors (Lipinski definition) is 3. The summed E-state index contributed by atoms with van der Waals surface area (Å²) in [6, 6.07) is 5.69. The summed E-state index contributed by atoms with van der Waals surface area (Å²) in [4.78, 5) is 12.1. The Balaban J connectivity index is 2.07. The minimum absolute atomic E-state index is 0.0265. The van der Waals surface area contributed by atoms with E-state index in [2.05, 4.69) is 10.6 Å². The maximum absolute atomic E-state index is 12.1. The third-order valence-corrected chi connectivity index (χ3v) is 3.24. The number of carbonyl (C=O) groups excluding carboxylic acids is 1. The Labute approximate surface area is 108 Å². The SMILES string of the molecule is COc1ccc(C)cc1NC(=O)[C@@H]1CCCCN1. The van der Waals surface area contributed by atoms with E-state index in [0.717, 1.165) is 37.1 Å². The summed E-state index contributed by atoms with van der Waals surface area (Å²) in [6.07, 6.45) is 3.16. The lowest BCUT2D eigenvalue weighted by Crippen LogP contribution is -2.43. The average Bonchev–Trinajstić information content (AvgIpc) is 2.40. The molecule has 1 saturated heterocycles. The number of benzene rings is 1. The first-order chi connectivity index (χ1) is 8.70. The Morgan fingerprint density at radius 2 is 2.28 bits per heavy atom. The molecule has 4 heteroatoms. The quantitative estimate of drug-likeness (QED) is 0.861. The van der Waals surface area contributed by atoms with Crippen molar-refractivity contribution in [2.45, 2.75) is 32.2 Å². The number of anilines is 1. The Hall–Kier alpha value is -1.55. The van der Waals surface area contributed by atoms with E-state index in [9.17, 15) is 4.79 Å². The molecular weight excluding hydrogens is 228 g/mol. The first-order valence-corrected chi connectivity index (χ1v) is 6.39. The van der Waals surface area contributed by atoms with Crippen LogP contribution < -0.4 is 15.4 Å². The molecule has 1 atom stereocenters. The van der Waals surface area contributed by atoms with Gasteiger partial charge in [-0.25, -0.2) is 0 Å². The van der Waals surface area contributed by atoms with Crippen molar-refractivity contribution < 1.29 is 9.53 Å². The highest BCUT2D eigenvalue weighted by atomic mass is 16.5. The normalized spacial score (nSPS) is 19.3. The van der Waals surface area contributed by atoms with Crippen LogP contribution in [0.5, 0.6) is 5.75 Å². The van der Waals surface area contributed by atoms with Gasteiger partial charge in [0.15, 0.2) is 0 Å². The third kappa shape index (κ3) is 3.01. The van der Waals surface area contributed by atoms with E-state index >= 15 is 0 Å². The van der Waals surface area contributed by atoms with E-state index in [-0.39, 0.29) is 11.9 Å². The highest BCUT2D eigenvalue weighted by molar-refractivity contribution is 5.96. The first-order valence-electron chi connectivity index (χ1n) is 6.39. The molecule has 1 aliphatic rings. The molecule has 0 aromatic heterocycles. The lowest BCUT2D eigenvalue weighted by atomic mass is 10.0. The molecule has 0 aliphatic carbocycles. The molecule has 0 spiro atoms. The van der Waals surface area contributed by atoms with E-state index in [1.807, 2.05) is 25.1 Å². The predicted octanol–water partition coefficient (Wildman–Crippen LogP) is 2.08. The van der Waals surface area contributed by atoms with Gasteiger partial charge in [0.25, 0.3) is 0 Å². The van der Waals surface area contributed by atoms with Gasteiger partial charge in [-0.05, 0) is 44.0 Å². The summed E-state index contributed by atoms with van der Waals surface area (Å²) >= 11 is 0. The van der Waals surface area contributed by atoms with Crippen LogP contribution in [0.3, 0.4) is 0 Å². The zero-order chi connectivity index (χ0) is 13.0. The van der Waals surface area contributed by atoms with Gasteiger partial charge in [0.1, 0.15) is 5.75 Å². The van der Waals surface area contributed by atoms with Crippen LogP contribution in [0, 0.1) is 6.92 Å². The van der Waals surface area contributed by atoms with Crippen LogP contribution in [0.2, 0.25) is 0 Å². The molecule has 18 heavy (non-hydrogen) atoms. The van der Waals surface area contributed by atoms with Gasteiger partial charge in [0.2, 0.25) is 5.91 Å². The van der Waals surface area contributed by atoms with Crippen molar-refractivity contribution >= 4 is 11.6 Å². The number of nitrogens with one attached hydrogen (secondary N) is 2. The number of rotatable bonds is 3. The Morgan fingerprint density at radius 3 is 2.94 bits per heavy atom. The Bertz CT molecular complexity index is 426. The van der Waals surface area contributed by atoms with E-state index in [4.69, 9.17) is 4.74 Å². The van der Waals surface area contributed by atoms with E-state index in [1.54, 1.807) is 7.11 Å². The van der Waals surface area contributed by atoms with Gasteiger partial charge in [-0.15, -0.1) is 0 Å². The number of ether oxygens (including phenoxy) is 1. The second-order valence-corrected chi connectivity index (χ2v) is 4.70. The Morgan fingerprint density at radius 1 is 1.44 bits per heavy atom. The van der Waals surface area contributed by atoms with Crippen molar-refractivity contribution in [2.75, 3.05) is 19.0 Å². The molecule has 1 aromatic rings. The molecule has 1 heterocycles. The lowest BCUT2D eigenvalue weighted by Gasteiger charge is -2.23. The summed E-state index contributed by atoms with van der Waals surface area (Å²) in [7, 11) is 1.61.